The van der Waals surface area contributed by atoms with Gasteiger partial charge in [-0.05, 0) is 28.6 Å². The molecular formula is C25H21NO2. The van der Waals surface area contributed by atoms with Crippen molar-refractivity contribution in [3.8, 4) is 5.75 Å². The average Bonchev–Trinajstić information content (AvgIpc) is 2.74. The molecule has 0 aromatic heterocycles. The Morgan fingerprint density at radius 2 is 1.46 bits per heavy atom. The number of amides is 1. The van der Waals surface area contributed by atoms with Gasteiger partial charge in [0.15, 0.2) is 6.61 Å². The van der Waals surface area contributed by atoms with Crippen LogP contribution in [0, 0.1) is 0 Å². The number of anilines is 1. The number of ether oxygens (including phenoxy) is 1. The van der Waals surface area contributed by atoms with Crippen molar-refractivity contribution < 1.29 is 9.53 Å². The highest BCUT2D eigenvalue weighted by Gasteiger charge is 2.09. The first-order chi connectivity index (χ1) is 13.8. The van der Waals surface area contributed by atoms with Gasteiger partial charge in [0.1, 0.15) is 5.75 Å². The first-order valence-corrected chi connectivity index (χ1v) is 9.32. The number of fused-ring (bicyclic) bond motifs is 1. The fourth-order valence-corrected chi connectivity index (χ4v) is 3.27. The summed E-state index contributed by atoms with van der Waals surface area (Å²) in [6.07, 6.45) is 0.766. The molecule has 0 unspecified atom stereocenters. The van der Waals surface area contributed by atoms with Crippen LogP contribution in [0.1, 0.15) is 11.1 Å². The Bertz CT molecular complexity index is 1080. The zero-order valence-electron chi connectivity index (χ0n) is 15.5. The minimum Gasteiger partial charge on any atom is -0.483 e. The number of carbonyl (C=O) groups excluding carboxylic acids is 1. The number of hydrogen-bond acceptors (Lipinski definition) is 2. The average molecular weight is 367 g/mol. The quantitative estimate of drug-likeness (QED) is 0.492. The molecule has 0 aliphatic rings. The predicted molar refractivity (Wildman–Crippen MR) is 114 cm³/mol. The summed E-state index contributed by atoms with van der Waals surface area (Å²) >= 11 is 0. The van der Waals surface area contributed by atoms with Crippen molar-refractivity contribution in [3.63, 3.8) is 0 Å². The van der Waals surface area contributed by atoms with Crippen molar-refractivity contribution in [2.45, 2.75) is 6.42 Å². The largest absolute Gasteiger partial charge is 0.483 e. The summed E-state index contributed by atoms with van der Waals surface area (Å²) in [4.78, 5) is 12.5. The van der Waals surface area contributed by atoms with Crippen LogP contribution in [0.3, 0.4) is 0 Å². The van der Waals surface area contributed by atoms with E-state index in [4.69, 9.17) is 4.74 Å². The van der Waals surface area contributed by atoms with Crippen molar-refractivity contribution in [2.24, 2.45) is 0 Å². The van der Waals surface area contributed by atoms with Crippen LogP contribution < -0.4 is 10.1 Å². The number of carbonyl (C=O) groups is 1. The van der Waals surface area contributed by atoms with Crippen molar-refractivity contribution in [3.05, 3.63) is 108 Å². The first-order valence-electron chi connectivity index (χ1n) is 9.32. The molecule has 0 fully saturated rings. The Labute approximate surface area is 164 Å². The Balaban J connectivity index is 1.44. The molecule has 0 atom stereocenters. The molecule has 1 amide bonds. The fraction of sp³-hybridized carbons (Fsp3) is 0.0800. The van der Waals surface area contributed by atoms with E-state index in [0.29, 0.717) is 0 Å². The number of nitrogens with one attached hydrogen (secondary N) is 1. The van der Waals surface area contributed by atoms with Gasteiger partial charge >= 0.3 is 0 Å². The maximum absolute atomic E-state index is 12.5. The van der Waals surface area contributed by atoms with Gasteiger partial charge in [0.25, 0.3) is 5.91 Å². The zero-order chi connectivity index (χ0) is 19.2. The van der Waals surface area contributed by atoms with Gasteiger partial charge in [0, 0.05) is 17.5 Å². The molecule has 0 saturated carbocycles. The highest BCUT2D eigenvalue weighted by atomic mass is 16.5. The molecule has 0 saturated heterocycles. The number of para-hydroxylation sites is 1. The van der Waals surface area contributed by atoms with E-state index in [-0.39, 0.29) is 12.5 Å². The third-order valence-corrected chi connectivity index (χ3v) is 4.63. The smallest absolute Gasteiger partial charge is 0.262 e. The van der Waals surface area contributed by atoms with Crippen LogP contribution in [0.5, 0.6) is 5.75 Å². The SMILES string of the molecule is O=C(COc1ccccc1Cc1ccccc1)Nc1cccc2ccccc12. The molecule has 3 heteroatoms. The van der Waals surface area contributed by atoms with Crippen LogP contribution in [0.2, 0.25) is 0 Å². The molecule has 0 aliphatic carbocycles. The second-order valence-electron chi connectivity index (χ2n) is 6.63. The molecule has 3 nitrogen and oxygen atoms in total. The maximum Gasteiger partial charge on any atom is 0.262 e. The van der Waals surface area contributed by atoms with E-state index in [2.05, 4.69) is 17.4 Å². The lowest BCUT2D eigenvalue weighted by molar-refractivity contribution is -0.118. The molecule has 138 valence electrons. The monoisotopic (exact) mass is 367 g/mol. The van der Waals surface area contributed by atoms with Crippen molar-refractivity contribution in [1.29, 1.82) is 0 Å². The van der Waals surface area contributed by atoms with Crippen LogP contribution in [-0.2, 0) is 11.2 Å². The molecule has 4 rings (SSSR count). The van der Waals surface area contributed by atoms with E-state index in [1.165, 1.54) is 5.56 Å². The third-order valence-electron chi connectivity index (χ3n) is 4.63. The van der Waals surface area contributed by atoms with E-state index in [1.54, 1.807) is 0 Å². The van der Waals surface area contributed by atoms with Crippen LogP contribution in [-0.4, -0.2) is 12.5 Å². The lowest BCUT2D eigenvalue weighted by atomic mass is 10.0. The van der Waals surface area contributed by atoms with Crippen LogP contribution in [0.4, 0.5) is 5.69 Å². The highest BCUT2D eigenvalue weighted by molar-refractivity contribution is 6.02. The van der Waals surface area contributed by atoms with Crippen molar-refractivity contribution in [1.82, 2.24) is 0 Å². The lowest BCUT2D eigenvalue weighted by Crippen LogP contribution is -2.20. The van der Waals surface area contributed by atoms with Gasteiger partial charge in [-0.25, -0.2) is 0 Å². The summed E-state index contributed by atoms with van der Waals surface area (Å²) in [5.74, 6) is 0.560. The number of hydrogen-bond donors (Lipinski definition) is 1. The molecule has 4 aromatic carbocycles. The molecule has 0 spiro atoms. The summed E-state index contributed by atoms with van der Waals surface area (Å²) < 4.78 is 5.84. The molecule has 28 heavy (non-hydrogen) atoms. The zero-order valence-corrected chi connectivity index (χ0v) is 15.5. The molecule has 0 aliphatic heterocycles. The summed E-state index contributed by atoms with van der Waals surface area (Å²) in [6.45, 7) is -0.0327. The Kier molecular flexibility index (Phi) is 5.34. The van der Waals surface area contributed by atoms with Gasteiger partial charge in [0.2, 0.25) is 0 Å². The topological polar surface area (TPSA) is 38.3 Å². The highest BCUT2D eigenvalue weighted by Crippen LogP contribution is 2.24. The van der Waals surface area contributed by atoms with Gasteiger partial charge in [-0.3, -0.25) is 4.79 Å². The van der Waals surface area contributed by atoms with E-state index < -0.39 is 0 Å². The van der Waals surface area contributed by atoms with E-state index in [1.807, 2.05) is 84.9 Å². The van der Waals surface area contributed by atoms with Crippen LogP contribution >= 0.6 is 0 Å². The second kappa shape index (κ2) is 8.40. The van der Waals surface area contributed by atoms with Gasteiger partial charge in [-0.2, -0.15) is 0 Å². The summed E-state index contributed by atoms with van der Waals surface area (Å²) in [7, 11) is 0. The first kappa shape index (κ1) is 17.8. The second-order valence-corrected chi connectivity index (χ2v) is 6.63. The third kappa shape index (κ3) is 4.21. The normalized spacial score (nSPS) is 10.6. The van der Waals surface area contributed by atoms with Gasteiger partial charge in [-0.1, -0.05) is 84.9 Å². The standard InChI is InChI=1S/C25H21NO2/c27-25(26-23-15-8-13-20-11-4-6-14-22(20)23)18-28-24-16-7-5-12-21(24)17-19-9-2-1-3-10-19/h1-16H,17-18H2,(H,26,27). The van der Waals surface area contributed by atoms with Gasteiger partial charge in [-0.15, -0.1) is 0 Å². The van der Waals surface area contributed by atoms with Gasteiger partial charge in [0.05, 0.1) is 0 Å². The minimum atomic E-state index is -0.175. The molecular weight excluding hydrogens is 346 g/mol. The fourth-order valence-electron chi connectivity index (χ4n) is 3.27. The van der Waals surface area contributed by atoms with Crippen molar-refractivity contribution >= 4 is 22.4 Å². The molecule has 1 N–H and O–H groups in total. The van der Waals surface area contributed by atoms with Gasteiger partial charge < -0.3 is 10.1 Å². The summed E-state index contributed by atoms with van der Waals surface area (Å²) in [5, 5.41) is 5.07. The van der Waals surface area contributed by atoms with E-state index in [9.17, 15) is 4.79 Å². The Morgan fingerprint density at radius 3 is 2.36 bits per heavy atom. The van der Waals surface area contributed by atoms with Crippen LogP contribution in [0.15, 0.2) is 97.1 Å². The minimum absolute atomic E-state index is 0.0327. The summed E-state index contributed by atoms with van der Waals surface area (Å²) in [6, 6.07) is 31.9. The molecule has 4 aromatic rings. The van der Waals surface area contributed by atoms with E-state index in [0.717, 1.165) is 34.2 Å². The number of rotatable bonds is 6. The summed E-state index contributed by atoms with van der Waals surface area (Å²) in [5.41, 5.74) is 3.06. The van der Waals surface area contributed by atoms with E-state index >= 15 is 0 Å². The number of benzene rings is 4. The maximum atomic E-state index is 12.5. The Morgan fingerprint density at radius 1 is 0.750 bits per heavy atom. The molecule has 0 heterocycles. The lowest BCUT2D eigenvalue weighted by Gasteiger charge is -2.13. The van der Waals surface area contributed by atoms with Crippen molar-refractivity contribution in [2.75, 3.05) is 11.9 Å². The molecule has 0 radical (unpaired) electrons. The van der Waals surface area contributed by atoms with Crippen LogP contribution in [0.25, 0.3) is 10.8 Å². The predicted octanol–water partition coefficient (Wildman–Crippen LogP) is 5.45. The molecule has 0 bridgehead atoms. The Hall–Kier alpha value is -3.59.